The molecule has 116 valence electrons. The summed E-state index contributed by atoms with van der Waals surface area (Å²) in [5.41, 5.74) is 0.420. The molecule has 0 aliphatic carbocycles. The van der Waals surface area contributed by atoms with E-state index in [9.17, 15) is 13.2 Å². The Labute approximate surface area is 142 Å². The van der Waals surface area contributed by atoms with E-state index < -0.39 is 15.7 Å². The number of benzene rings is 2. The molecule has 0 fully saturated rings. The fourth-order valence-corrected chi connectivity index (χ4v) is 3.11. The molecular weight excluding hydrogens is 369 g/mol. The SMILES string of the molecule is CS(=O)(=O)c1ccc(Cl)c(C(=O)Nc2cc(Cl)cc(Cl)c2)c1. The first kappa shape index (κ1) is 17.1. The summed E-state index contributed by atoms with van der Waals surface area (Å²) < 4.78 is 23.1. The summed E-state index contributed by atoms with van der Waals surface area (Å²) >= 11 is 17.7. The van der Waals surface area contributed by atoms with Crippen LogP contribution >= 0.6 is 34.8 Å². The number of amides is 1. The summed E-state index contributed by atoms with van der Waals surface area (Å²) in [5.74, 6) is -0.561. The second kappa shape index (κ2) is 6.46. The minimum absolute atomic E-state index is 0.00572. The predicted octanol–water partition coefficient (Wildman–Crippen LogP) is 4.30. The molecule has 2 rings (SSSR count). The fraction of sp³-hybridized carbons (Fsp3) is 0.0714. The molecule has 0 radical (unpaired) electrons. The average Bonchev–Trinajstić information content (AvgIpc) is 2.36. The number of anilines is 1. The number of carbonyl (C=O) groups excluding carboxylic acids is 1. The molecule has 2 aromatic carbocycles. The first-order valence-electron chi connectivity index (χ1n) is 5.94. The molecule has 2 aromatic rings. The molecular formula is C14H10Cl3NO3S. The monoisotopic (exact) mass is 377 g/mol. The molecule has 4 nitrogen and oxygen atoms in total. The second-order valence-electron chi connectivity index (χ2n) is 4.53. The molecule has 0 aliphatic heterocycles. The summed E-state index contributed by atoms with van der Waals surface area (Å²) in [6.07, 6.45) is 1.05. The molecule has 0 heterocycles. The predicted molar refractivity (Wildman–Crippen MR) is 89.0 cm³/mol. The lowest BCUT2D eigenvalue weighted by Gasteiger charge is -2.09. The molecule has 8 heteroatoms. The molecule has 1 amide bonds. The highest BCUT2D eigenvalue weighted by molar-refractivity contribution is 7.90. The van der Waals surface area contributed by atoms with Crippen LogP contribution in [-0.4, -0.2) is 20.6 Å². The standard InChI is InChI=1S/C14H10Cl3NO3S/c1-22(20,21)11-2-3-13(17)12(7-11)14(19)18-10-5-8(15)4-9(16)6-10/h2-7H,1H3,(H,18,19). The van der Waals surface area contributed by atoms with E-state index in [4.69, 9.17) is 34.8 Å². The lowest BCUT2D eigenvalue weighted by Crippen LogP contribution is -2.13. The van der Waals surface area contributed by atoms with Crippen molar-refractivity contribution in [2.75, 3.05) is 11.6 Å². The Hall–Kier alpha value is -1.27. The van der Waals surface area contributed by atoms with Crippen molar-refractivity contribution in [2.24, 2.45) is 0 Å². The summed E-state index contributed by atoms with van der Waals surface area (Å²) in [4.78, 5) is 12.3. The molecule has 0 atom stereocenters. The molecule has 0 unspecified atom stereocenters. The van der Waals surface area contributed by atoms with Crippen LogP contribution in [0.15, 0.2) is 41.3 Å². The van der Waals surface area contributed by atoms with Gasteiger partial charge in [-0.2, -0.15) is 0 Å². The Morgan fingerprint density at radius 1 is 1.00 bits per heavy atom. The topological polar surface area (TPSA) is 63.2 Å². The maximum absolute atomic E-state index is 12.3. The second-order valence-corrected chi connectivity index (χ2v) is 7.82. The van der Waals surface area contributed by atoms with Crippen LogP contribution in [0, 0.1) is 0 Å². The van der Waals surface area contributed by atoms with E-state index in [-0.39, 0.29) is 15.5 Å². The minimum Gasteiger partial charge on any atom is -0.322 e. The van der Waals surface area contributed by atoms with Gasteiger partial charge in [-0.3, -0.25) is 4.79 Å². The first-order valence-corrected chi connectivity index (χ1v) is 8.96. The van der Waals surface area contributed by atoms with Gasteiger partial charge in [0.15, 0.2) is 9.84 Å². The third kappa shape index (κ3) is 4.14. The van der Waals surface area contributed by atoms with Crippen LogP contribution in [-0.2, 0) is 9.84 Å². The highest BCUT2D eigenvalue weighted by Gasteiger charge is 2.16. The van der Waals surface area contributed by atoms with Gasteiger partial charge < -0.3 is 5.32 Å². The summed E-state index contributed by atoms with van der Waals surface area (Å²) in [6.45, 7) is 0. The number of halogens is 3. The molecule has 0 bridgehead atoms. The van der Waals surface area contributed by atoms with Crippen molar-refractivity contribution >= 4 is 56.2 Å². The zero-order valence-corrected chi connectivity index (χ0v) is 14.3. The Morgan fingerprint density at radius 2 is 1.59 bits per heavy atom. The van der Waals surface area contributed by atoms with Gasteiger partial charge in [-0.15, -0.1) is 0 Å². The van der Waals surface area contributed by atoms with Gasteiger partial charge in [0.05, 0.1) is 15.5 Å². The molecule has 0 aliphatic rings. The summed E-state index contributed by atoms with van der Waals surface area (Å²) in [6, 6.07) is 8.47. The first-order chi connectivity index (χ1) is 10.2. The van der Waals surface area contributed by atoms with Gasteiger partial charge >= 0.3 is 0 Å². The van der Waals surface area contributed by atoms with E-state index >= 15 is 0 Å². The van der Waals surface area contributed by atoms with Gasteiger partial charge in [-0.25, -0.2) is 8.42 Å². The lowest BCUT2D eigenvalue weighted by atomic mass is 10.2. The molecule has 0 saturated heterocycles. The van der Waals surface area contributed by atoms with Crippen LogP contribution in [0.25, 0.3) is 0 Å². The number of carbonyl (C=O) groups is 1. The molecule has 0 spiro atoms. The van der Waals surface area contributed by atoms with E-state index in [2.05, 4.69) is 5.32 Å². The van der Waals surface area contributed by atoms with Crippen molar-refractivity contribution in [3.63, 3.8) is 0 Å². The zero-order valence-electron chi connectivity index (χ0n) is 11.2. The van der Waals surface area contributed by atoms with Crippen molar-refractivity contribution in [3.05, 3.63) is 57.0 Å². The van der Waals surface area contributed by atoms with Crippen LogP contribution in [0.3, 0.4) is 0 Å². The number of hydrogen-bond acceptors (Lipinski definition) is 3. The highest BCUT2D eigenvalue weighted by Crippen LogP contribution is 2.25. The number of rotatable bonds is 3. The number of hydrogen-bond donors (Lipinski definition) is 1. The third-order valence-corrected chi connectivity index (χ3v) is 4.61. The van der Waals surface area contributed by atoms with Crippen molar-refractivity contribution in [1.82, 2.24) is 0 Å². The van der Waals surface area contributed by atoms with Gasteiger partial charge in [0.1, 0.15) is 0 Å². The number of sulfone groups is 1. The van der Waals surface area contributed by atoms with Gasteiger partial charge in [0.25, 0.3) is 5.91 Å². The van der Waals surface area contributed by atoms with Crippen molar-refractivity contribution in [2.45, 2.75) is 4.90 Å². The van der Waals surface area contributed by atoms with E-state index in [0.29, 0.717) is 15.7 Å². The molecule has 22 heavy (non-hydrogen) atoms. The lowest BCUT2D eigenvalue weighted by molar-refractivity contribution is 0.102. The normalized spacial score (nSPS) is 11.3. The van der Waals surface area contributed by atoms with Crippen LogP contribution in [0.4, 0.5) is 5.69 Å². The van der Waals surface area contributed by atoms with Crippen molar-refractivity contribution in [3.8, 4) is 0 Å². The van der Waals surface area contributed by atoms with Crippen molar-refractivity contribution < 1.29 is 13.2 Å². The smallest absolute Gasteiger partial charge is 0.257 e. The van der Waals surface area contributed by atoms with Crippen LogP contribution in [0.2, 0.25) is 15.1 Å². The van der Waals surface area contributed by atoms with E-state index in [0.717, 1.165) is 6.26 Å². The Morgan fingerprint density at radius 3 is 2.14 bits per heavy atom. The van der Waals surface area contributed by atoms with Gasteiger partial charge in [-0.05, 0) is 36.4 Å². The summed E-state index contributed by atoms with van der Waals surface area (Å²) in [5, 5.41) is 3.43. The van der Waals surface area contributed by atoms with Crippen molar-refractivity contribution in [1.29, 1.82) is 0 Å². The number of nitrogens with one attached hydrogen (secondary N) is 1. The van der Waals surface area contributed by atoms with Crippen LogP contribution in [0.1, 0.15) is 10.4 Å². The molecule has 0 saturated carbocycles. The summed E-state index contributed by atoms with van der Waals surface area (Å²) in [7, 11) is -3.44. The van der Waals surface area contributed by atoms with E-state index in [1.165, 1.54) is 36.4 Å². The molecule has 1 N–H and O–H groups in total. The third-order valence-electron chi connectivity index (χ3n) is 2.73. The van der Waals surface area contributed by atoms with Gasteiger partial charge in [0, 0.05) is 22.0 Å². The van der Waals surface area contributed by atoms with Gasteiger partial charge in [-0.1, -0.05) is 34.8 Å². The maximum atomic E-state index is 12.3. The highest BCUT2D eigenvalue weighted by atomic mass is 35.5. The molecule has 0 aromatic heterocycles. The zero-order chi connectivity index (χ0) is 16.5. The Bertz CT molecular complexity index is 830. The minimum atomic E-state index is -3.44. The van der Waals surface area contributed by atoms with Crippen LogP contribution in [0.5, 0.6) is 0 Å². The van der Waals surface area contributed by atoms with Crippen LogP contribution < -0.4 is 5.32 Å². The van der Waals surface area contributed by atoms with E-state index in [1.807, 2.05) is 0 Å². The Kier molecular flexibility index (Phi) is 5.02. The quantitative estimate of drug-likeness (QED) is 0.866. The Balaban J connectivity index is 2.37. The van der Waals surface area contributed by atoms with Gasteiger partial charge in [0.2, 0.25) is 0 Å². The maximum Gasteiger partial charge on any atom is 0.257 e. The largest absolute Gasteiger partial charge is 0.322 e. The average molecular weight is 379 g/mol. The fourth-order valence-electron chi connectivity index (χ4n) is 1.73. The van der Waals surface area contributed by atoms with E-state index in [1.54, 1.807) is 0 Å².